The van der Waals surface area contributed by atoms with Crippen molar-refractivity contribution in [2.75, 3.05) is 13.2 Å². The lowest BCUT2D eigenvalue weighted by molar-refractivity contribution is 0.104. The van der Waals surface area contributed by atoms with Gasteiger partial charge >= 0.3 is 0 Å². The minimum atomic E-state index is 0.524. The standard InChI is InChI=1S/C9H17NO/c1-3-8(4-1)10-7-9-5-2-6-11-9/h8-10H,1-7H2/t9-/m0/s1. The van der Waals surface area contributed by atoms with Crippen molar-refractivity contribution in [2.24, 2.45) is 0 Å². The van der Waals surface area contributed by atoms with E-state index in [9.17, 15) is 0 Å². The first-order chi connectivity index (χ1) is 5.45. The maximum Gasteiger partial charge on any atom is 0.0700 e. The second-order valence-corrected chi connectivity index (χ2v) is 3.67. The predicted molar refractivity (Wildman–Crippen MR) is 44.6 cm³/mol. The second kappa shape index (κ2) is 3.55. The molecule has 64 valence electrons. The molecule has 1 saturated heterocycles. The molecule has 0 aromatic rings. The van der Waals surface area contributed by atoms with Crippen molar-refractivity contribution in [1.82, 2.24) is 5.32 Å². The Hall–Kier alpha value is -0.0800. The van der Waals surface area contributed by atoms with Gasteiger partial charge in [0.05, 0.1) is 6.10 Å². The van der Waals surface area contributed by atoms with Crippen LogP contribution in [0.1, 0.15) is 32.1 Å². The van der Waals surface area contributed by atoms with Gasteiger partial charge in [-0.25, -0.2) is 0 Å². The van der Waals surface area contributed by atoms with E-state index in [1.165, 1.54) is 32.1 Å². The van der Waals surface area contributed by atoms with Gasteiger partial charge in [0.25, 0.3) is 0 Å². The maximum absolute atomic E-state index is 5.51. The van der Waals surface area contributed by atoms with Gasteiger partial charge in [-0.2, -0.15) is 0 Å². The minimum absolute atomic E-state index is 0.524. The van der Waals surface area contributed by atoms with Crippen LogP contribution in [0.15, 0.2) is 0 Å². The summed E-state index contributed by atoms with van der Waals surface area (Å²) in [6.45, 7) is 2.07. The third-order valence-electron chi connectivity index (χ3n) is 2.76. The Morgan fingerprint density at radius 3 is 2.64 bits per heavy atom. The smallest absolute Gasteiger partial charge is 0.0700 e. The van der Waals surface area contributed by atoms with Gasteiger partial charge < -0.3 is 10.1 Å². The zero-order valence-corrected chi connectivity index (χ0v) is 7.01. The van der Waals surface area contributed by atoms with Gasteiger partial charge in [0, 0.05) is 19.2 Å². The molecule has 2 rings (SSSR count). The fourth-order valence-corrected chi connectivity index (χ4v) is 1.72. The second-order valence-electron chi connectivity index (χ2n) is 3.67. The lowest BCUT2D eigenvalue weighted by Crippen LogP contribution is -2.39. The molecule has 1 heterocycles. The molecule has 1 N–H and O–H groups in total. The van der Waals surface area contributed by atoms with Crippen LogP contribution in [-0.4, -0.2) is 25.3 Å². The van der Waals surface area contributed by atoms with Crippen molar-refractivity contribution in [3.8, 4) is 0 Å². The predicted octanol–water partition coefficient (Wildman–Crippen LogP) is 1.31. The number of hydrogen-bond donors (Lipinski definition) is 1. The Morgan fingerprint density at radius 1 is 1.18 bits per heavy atom. The summed E-state index contributed by atoms with van der Waals surface area (Å²) in [5.41, 5.74) is 0. The van der Waals surface area contributed by atoms with Crippen molar-refractivity contribution in [3.05, 3.63) is 0 Å². The van der Waals surface area contributed by atoms with Crippen molar-refractivity contribution >= 4 is 0 Å². The van der Waals surface area contributed by atoms with E-state index in [2.05, 4.69) is 5.32 Å². The summed E-state index contributed by atoms with van der Waals surface area (Å²) >= 11 is 0. The van der Waals surface area contributed by atoms with E-state index in [4.69, 9.17) is 4.74 Å². The molecular formula is C9H17NO. The van der Waals surface area contributed by atoms with Crippen LogP contribution in [0, 0.1) is 0 Å². The molecule has 1 atom stereocenters. The van der Waals surface area contributed by atoms with Crippen LogP contribution in [0.2, 0.25) is 0 Å². The number of hydrogen-bond acceptors (Lipinski definition) is 2. The molecule has 0 unspecified atom stereocenters. The molecule has 0 spiro atoms. The summed E-state index contributed by atoms with van der Waals surface area (Å²) in [6.07, 6.45) is 7.23. The fourth-order valence-electron chi connectivity index (χ4n) is 1.72. The van der Waals surface area contributed by atoms with E-state index in [1.54, 1.807) is 0 Å². The van der Waals surface area contributed by atoms with E-state index >= 15 is 0 Å². The van der Waals surface area contributed by atoms with Gasteiger partial charge in [0.15, 0.2) is 0 Å². The Bertz CT molecular complexity index is 117. The summed E-state index contributed by atoms with van der Waals surface area (Å²) in [5, 5.41) is 3.54. The van der Waals surface area contributed by atoms with Crippen LogP contribution < -0.4 is 5.32 Å². The highest BCUT2D eigenvalue weighted by Crippen LogP contribution is 2.19. The molecule has 1 aliphatic carbocycles. The minimum Gasteiger partial charge on any atom is -0.377 e. The summed E-state index contributed by atoms with van der Waals surface area (Å²) in [4.78, 5) is 0. The van der Waals surface area contributed by atoms with Gasteiger partial charge in [0.1, 0.15) is 0 Å². The first-order valence-electron chi connectivity index (χ1n) is 4.80. The third-order valence-corrected chi connectivity index (χ3v) is 2.76. The monoisotopic (exact) mass is 155 g/mol. The van der Waals surface area contributed by atoms with E-state index in [-0.39, 0.29) is 0 Å². The molecule has 0 aromatic heterocycles. The first kappa shape index (κ1) is 7.56. The average molecular weight is 155 g/mol. The van der Waals surface area contributed by atoms with E-state index in [0.717, 1.165) is 19.2 Å². The van der Waals surface area contributed by atoms with Crippen molar-refractivity contribution in [2.45, 2.75) is 44.2 Å². The van der Waals surface area contributed by atoms with Gasteiger partial charge in [-0.05, 0) is 25.7 Å². The molecule has 0 amide bonds. The highest BCUT2D eigenvalue weighted by atomic mass is 16.5. The fraction of sp³-hybridized carbons (Fsp3) is 1.00. The molecule has 1 saturated carbocycles. The van der Waals surface area contributed by atoms with Gasteiger partial charge in [-0.15, -0.1) is 0 Å². The molecule has 0 radical (unpaired) electrons. The quantitative estimate of drug-likeness (QED) is 0.663. The van der Waals surface area contributed by atoms with E-state index in [0.29, 0.717) is 6.10 Å². The molecule has 0 bridgehead atoms. The maximum atomic E-state index is 5.51. The third kappa shape index (κ3) is 1.94. The van der Waals surface area contributed by atoms with Gasteiger partial charge in [-0.1, -0.05) is 6.42 Å². The summed E-state index contributed by atoms with van der Waals surface area (Å²) in [6, 6.07) is 0.819. The molecule has 2 heteroatoms. The van der Waals surface area contributed by atoms with Crippen LogP contribution in [0.5, 0.6) is 0 Å². The lowest BCUT2D eigenvalue weighted by Gasteiger charge is -2.27. The Morgan fingerprint density at radius 2 is 2.09 bits per heavy atom. The number of rotatable bonds is 3. The zero-order valence-electron chi connectivity index (χ0n) is 7.01. The molecular weight excluding hydrogens is 138 g/mol. The van der Waals surface area contributed by atoms with Crippen LogP contribution in [0.4, 0.5) is 0 Å². The molecule has 2 aliphatic rings. The molecule has 2 fully saturated rings. The zero-order chi connectivity index (χ0) is 7.52. The van der Waals surface area contributed by atoms with Crippen molar-refractivity contribution in [1.29, 1.82) is 0 Å². The molecule has 0 aromatic carbocycles. The highest BCUT2D eigenvalue weighted by molar-refractivity contribution is 4.78. The summed E-state index contributed by atoms with van der Waals surface area (Å²) < 4.78 is 5.51. The van der Waals surface area contributed by atoms with Crippen LogP contribution in [0.25, 0.3) is 0 Å². The highest BCUT2D eigenvalue weighted by Gasteiger charge is 2.20. The Labute approximate surface area is 68.3 Å². The van der Waals surface area contributed by atoms with E-state index < -0.39 is 0 Å². The van der Waals surface area contributed by atoms with Crippen molar-refractivity contribution < 1.29 is 4.74 Å². The average Bonchev–Trinajstić information content (AvgIpc) is 2.36. The van der Waals surface area contributed by atoms with Crippen LogP contribution in [0.3, 0.4) is 0 Å². The molecule has 11 heavy (non-hydrogen) atoms. The summed E-state index contributed by atoms with van der Waals surface area (Å²) in [5.74, 6) is 0. The Balaban J connectivity index is 1.57. The SMILES string of the molecule is C1CC(NC[C@@H]2CCCO2)C1. The van der Waals surface area contributed by atoms with E-state index in [1.807, 2.05) is 0 Å². The van der Waals surface area contributed by atoms with Gasteiger partial charge in [-0.3, -0.25) is 0 Å². The Kier molecular flexibility index (Phi) is 2.44. The van der Waals surface area contributed by atoms with Crippen molar-refractivity contribution in [3.63, 3.8) is 0 Å². The largest absolute Gasteiger partial charge is 0.377 e. The lowest BCUT2D eigenvalue weighted by atomic mass is 9.93. The molecule has 1 aliphatic heterocycles. The number of ether oxygens (including phenoxy) is 1. The van der Waals surface area contributed by atoms with Crippen LogP contribution >= 0.6 is 0 Å². The topological polar surface area (TPSA) is 21.3 Å². The first-order valence-corrected chi connectivity index (χ1v) is 4.80. The summed E-state index contributed by atoms with van der Waals surface area (Å²) in [7, 11) is 0. The number of nitrogens with one attached hydrogen (secondary N) is 1. The van der Waals surface area contributed by atoms with Gasteiger partial charge in [0.2, 0.25) is 0 Å². The molecule has 2 nitrogen and oxygen atoms in total. The normalized spacial score (nSPS) is 32.2. The van der Waals surface area contributed by atoms with Crippen LogP contribution in [-0.2, 0) is 4.74 Å².